The second-order valence-corrected chi connectivity index (χ2v) is 18.7. The van der Waals surface area contributed by atoms with Crippen molar-refractivity contribution in [3.8, 4) is 17.2 Å². The summed E-state index contributed by atoms with van der Waals surface area (Å²) in [6.07, 6.45) is 1.39. The minimum absolute atomic E-state index is 0.354. The maximum Gasteiger partial charge on any atom is -0.00845 e. The molecular weight excluding hydrogens is 830 g/mol. The predicted molar refractivity (Wildman–Crippen MR) is 225 cm³/mol. The first kappa shape index (κ1) is 43.3. The normalized spacial score (nSPS) is 11.6. The van der Waals surface area contributed by atoms with Gasteiger partial charge in [0.25, 0.3) is 0 Å². The molecule has 0 radical (unpaired) electrons. The third-order valence-electron chi connectivity index (χ3n) is 10.1. The number of esters is 2. The van der Waals surface area contributed by atoms with Gasteiger partial charge in [0.05, 0.1) is 7.11 Å². The zero-order chi connectivity index (χ0) is 42.7. The summed E-state index contributed by atoms with van der Waals surface area (Å²) >= 11 is -3.45. The monoisotopic (exact) mass is 880 g/mol. The van der Waals surface area contributed by atoms with Gasteiger partial charge in [-0.3, -0.25) is 0 Å². The number of carbonyl (C=O) groups is 2. The van der Waals surface area contributed by atoms with E-state index in [9.17, 15) is 17.3 Å². The first-order valence-corrected chi connectivity index (χ1v) is 22.6. The Hall–Kier alpha value is -5.33. The van der Waals surface area contributed by atoms with Gasteiger partial charge in [-0.1, -0.05) is 12.1 Å². The van der Waals surface area contributed by atoms with Crippen molar-refractivity contribution in [2.75, 3.05) is 7.11 Å². The topological polar surface area (TPSA) is 96.0 Å². The van der Waals surface area contributed by atoms with Gasteiger partial charge in [-0.25, -0.2) is 0 Å². The number of hydrogen-bond acceptors (Lipinski definition) is 7. The maximum absolute atomic E-state index is 14.0. The average molecular weight is 881 g/mol. The minimum atomic E-state index is -1.90. The van der Waals surface area contributed by atoms with Gasteiger partial charge in [0, 0.05) is 0 Å². The van der Waals surface area contributed by atoms with Crippen LogP contribution in [0.3, 0.4) is 0 Å². The molecule has 0 aromatic heterocycles. The Bertz CT molecular complexity index is 2570. The van der Waals surface area contributed by atoms with E-state index in [4.69, 9.17) is 14.2 Å². The second kappa shape index (κ2) is 18.3. The van der Waals surface area contributed by atoms with Gasteiger partial charge in [-0.2, -0.15) is 0 Å². The number of carbonyl (C=O) groups excluding carboxylic acids is 2. The van der Waals surface area contributed by atoms with Crippen LogP contribution in [0.25, 0.3) is 0 Å². The van der Waals surface area contributed by atoms with E-state index in [1.165, 1.54) is 5.56 Å². The Morgan fingerprint density at radius 3 is 1.27 bits per heavy atom. The molecule has 6 rings (SSSR count). The molecule has 59 heavy (non-hydrogen) atoms. The molecule has 0 spiro atoms. The molecule has 0 fully saturated rings. The number of hydrogen-bond donors (Lipinski definition) is 0. The van der Waals surface area contributed by atoms with Crippen LogP contribution in [0.5, 0.6) is 17.2 Å². The van der Waals surface area contributed by atoms with Gasteiger partial charge >= 0.3 is 303 Å². The Morgan fingerprint density at radius 2 is 0.864 bits per heavy atom. The van der Waals surface area contributed by atoms with E-state index in [-0.39, 0.29) is 0 Å². The molecule has 0 N–H and O–H groups in total. The molecule has 0 aliphatic heterocycles. The van der Waals surface area contributed by atoms with Crippen LogP contribution in [0.1, 0.15) is 87.5 Å². The van der Waals surface area contributed by atoms with E-state index < -0.39 is 39.1 Å². The smallest absolute Gasteiger partial charge is 0.00845 e. The summed E-state index contributed by atoms with van der Waals surface area (Å²) in [5, 5.41) is 0. The van der Waals surface area contributed by atoms with Crippen molar-refractivity contribution in [1.82, 2.24) is 0 Å². The fourth-order valence-corrected chi connectivity index (χ4v) is 10.1. The SMILES string of the molecule is COc1c(C)cc(Cc2cc(C)c(OC(=O)c3cc[c]([Co](=[O])[c]4c(C)cc(Cc5cc(C)c(OC(=O)c6ccc[c]([Co]([CH3])=[O])c6)c(C)c5)cc4C)cc3)c(C)c2)cc1C. The fourth-order valence-electron chi connectivity index (χ4n) is 7.74. The van der Waals surface area contributed by atoms with Crippen molar-refractivity contribution in [3.05, 3.63) is 175 Å². The van der Waals surface area contributed by atoms with Gasteiger partial charge < -0.3 is 4.74 Å². The third kappa shape index (κ3) is 9.94. The summed E-state index contributed by atoms with van der Waals surface area (Å²) in [7, 11) is 1.69. The number of ether oxygens (including phenoxy) is 3. The first-order valence-electron chi connectivity index (χ1n) is 19.1. The van der Waals surface area contributed by atoms with Crippen LogP contribution in [0.15, 0.2) is 97.1 Å². The average Bonchev–Trinajstić information content (AvgIpc) is 3.17. The Morgan fingerprint density at radius 1 is 0.475 bits per heavy atom. The molecule has 0 atom stereocenters. The van der Waals surface area contributed by atoms with E-state index in [2.05, 4.69) is 50.2 Å². The van der Waals surface area contributed by atoms with Crippen molar-refractivity contribution >= 4 is 25.4 Å². The molecule has 0 bridgehead atoms. The van der Waals surface area contributed by atoms with E-state index in [1.807, 2.05) is 53.7 Å². The molecule has 0 unspecified atom stereocenters. The van der Waals surface area contributed by atoms with E-state index >= 15 is 0 Å². The quantitative estimate of drug-likeness (QED) is 0.0894. The van der Waals surface area contributed by atoms with Crippen LogP contribution in [0.4, 0.5) is 0 Å². The molecule has 7 nitrogen and oxygen atoms in total. The maximum atomic E-state index is 14.0. The van der Waals surface area contributed by atoms with Crippen molar-refractivity contribution in [2.45, 2.75) is 74.1 Å². The van der Waals surface area contributed by atoms with Gasteiger partial charge in [0.2, 0.25) is 0 Å². The number of benzene rings is 6. The molecular formula is C50H50Co2O7. The summed E-state index contributed by atoms with van der Waals surface area (Å²) in [5.74, 6) is 2.60. The summed E-state index contributed by atoms with van der Waals surface area (Å²) < 4.78 is 45.2. The van der Waals surface area contributed by atoms with Crippen LogP contribution < -0.4 is 27.7 Å². The molecule has 6 aromatic carbocycles. The largest absolute Gasteiger partial charge is 0.0521 e. The molecule has 0 saturated carbocycles. The summed E-state index contributed by atoms with van der Waals surface area (Å²) in [6.45, 7) is 15.8. The van der Waals surface area contributed by atoms with Crippen molar-refractivity contribution in [3.63, 3.8) is 0 Å². The van der Waals surface area contributed by atoms with Crippen molar-refractivity contribution in [2.24, 2.45) is 0 Å². The minimum Gasteiger partial charge on any atom is -0.0521 e. The van der Waals surface area contributed by atoms with Crippen molar-refractivity contribution < 1.29 is 58.7 Å². The van der Waals surface area contributed by atoms with Crippen LogP contribution in [0.2, 0.25) is 5.86 Å². The third-order valence-corrected chi connectivity index (χ3v) is 13.5. The predicted octanol–water partition coefficient (Wildman–Crippen LogP) is 9.33. The molecule has 9 heteroatoms. The molecule has 0 aliphatic carbocycles. The van der Waals surface area contributed by atoms with Crippen LogP contribution in [-0.2, 0) is 47.7 Å². The molecule has 0 amide bonds. The van der Waals surface area contributed by atoms with Gasteiger partial charge in [-0.05, 0) is 25.0 Å². The Labute approximate surface area is 355 Å². The number of aryl methyl sites for hydroxylation is 8. The molecule has 6 aromatic rings. The van der Waals surface area contributed by atoms with Gasteiger partial charge in [0.1, 0.15) is 5.75 Å². The van der Waals surface area contributed by atoms with Crippen LogP contribution in [-0.4, -0.2) is 19.0 Å². The molecule has 0 aliphatic rings. The summed E-state index contributed by atoms with van der Waals surface area (Å²) in [4.78, 5) is 26.3. The van der Waals surface area contributed by atoms with Gasteiger partial charge in [-0.15, -0.1) is 0 Å². The molecule has 0 heterocycles. The molecule has 310 valence electrons. The Balaban J connectivity index is 1.11. The number of methoxy groups -OCH3 is 1. The van der Waals surface area contributed by atoms with Crippen LogP contribution in [0, 0.1) is 55.4 Å². The van der Waals surface area contributed by atoms with E-state index in [0.717, 1.165) is 77.9 Å². The summed E-state index contributed by atoms with van der Waals surface area (Å²) in [6, 6.07) is 30.1. The Kier molecular flexibility index (Phi) is 13.4. The number of rotatable bonds is 12. The standard InChI is InChI=1S/C25H25O3.C24H22O2.CH3.2Co.2O/c1-16-11-20(12-17(2)23(16)27-5)15-21-13-18(3)24(19(4)14-21)28-25(26)22-9-7-6-8-10-22;1-16-10-17(2)12-20(11-16)15-21-13-18(3)23(19(4)14-21)26-24(25)22-8-6-5-7-9-22;;;;;/h7-14H,15H2,1-5H3;5-6,8-9,11-14H,15H2,1-4H3;1H3;;;;. The second-order valence-electron chi connectivity index (χ2n) is 15.1. The van der Waals surface area contributed by atoms with E-state index in [0.29, 0.717) is 38.0 Å². The van der Waals surface area contributed by atoms with Crippen LogP contribution >= 0.6 is 0 Å². The fraction of sp³-hybridized carbons (Fsp3) is 0.240. The molecule has 0 saturated heterocycles. The first-order chi connectivity index (χ1) is 28.0. The van der Waals surface area contributed by atoms with Crippen molar-refractivity contribution in [1.29, 1.82) is 0 Å². The van der Waals surface area contributed by atoms with E-state index in [1.54, 1.807) is 61.5 Å². The zero-order valence-corrected chi connectivity index (χ0v) is 37.3. The van der Waals surface area contributed by atoms with Gasteiger partial charge in [0.15, 0.2) is 0 Å². The zero-order valence-electron chi connectivity index (χ0n) is 35.2. The summed E-state index contributed by atoms with van der Waals surface area (Å²) in [5.41, 5.74) is 12.6.